The van der Waals surface area contributed by atoms with E-state index in [-0.39, 0.29) is 23.7 Å². The summed E-state index contributed by atoms with van der Waals surface area (Å²) in [5.41, 5.74) is 0.0449. The highest BCUT2D eigenvalue weighted by atomic mass is 19.1. The summed E-state index contributed by atoms with van der Waals surface area (Å²) < 4.78 is 18.2. The second-order valence-electron chi connectivity index (χ2n) is 5.56. The maximum atomic E-state index is 12.9. The summed E-state index contributed by atoms with van der Waals surface area (Å²) in [6, 6.07) is 5.77. The molecule has 3 nitrogen and oxygen atoms in total. The molecule has 0 N–H and O–H groups in total. The fourth-order valence-electron chi connectivity index (χ4n) is 1.61. The van der Waals surface area contributed by atoms with Crippen LogP contribution in [0, 0.1) is 11.2 Å². The molecule has 1 aromatic carbocycles. The number of nitrogens with zero attached hydrogens (tertiary/aromatic N) is 1. The third-order valence-corrected chi connectivity index (χ3v) is 2.30. The molecule has 0 saturated heterocycles. The largest absolute Gasteiger partial charge is 0.484 e. The van der Waals surface area contributed by atoms with Gasteiger partial charge in [0.05, 0.1) is 0 Å². The van der Waals surface area contributed by atoms with Gasteiger partial charge in [0.15, 0.2) is 6.61 Å². The van der Waals surface area contributed by atoms with Gasteiger partial charge in [0, 0.05) is 19.7 Å². The summed E-state index contributed by atoms with van der Waals surface area (Å²) in [7, 11) is 1.74. The lowest BCUT2D eigenvalue weighted by atomic mass is 9.96. The number of carbonyl (C=O) groups excluding carboxylic acids is 1. The first-order valence-corrected chi connectivity index (χ1v) is 5.90. The van der Waals surface area contributed by atoms with Gasteiger partial charge in [0.2, 0.25) is 0 Å². The van der Waals surface area contributed by atoms with Crippen LogP contribution < -0.4 is 4.74 Å². The van der Waals surface area contributed by atoms with Crippen molar-refractivity contribution in [1.29, 1.82) is 0 Å². The van der Waals surface area contributed by atoms with Crippen LogP contribution in [-0.2, 0) is 4.79 Å². The maximum Gasteiger partial charge on any atom is 0.260 e. The number of benzene rings is 1. The Morgan fingerprint density at radius 1 is 1.39 bits per heavy atom. The van der Waals surface area contributed by atoms with Gasteiger partial charge in [-0.1, -0.05) is 26.8 Å². The number of hydrogen-bond acceptors (Lipinski definition) is 2. The highest BCUT2D eigenvalue weighted by Crippen LogP contribution is 2.15. The van der Waals surface area contributed by atoms with E-state index in [1.54, 1.807) is 24.1 Å². The summed E-state index contributed by atoms with van der Waals surface area (Å²) >= 11 is 0. The number of carbonyl (C=O) groups is 1. The lowest BCUT2D eigenvalue weighted by Gasteiger charge is -2.26. The summed E-state index contributed by atoms with van der Waals surface area (Å²) in [4.78, 5) is 13.4. The topological polar surface area (TPSA) is 29.5 Å². The summed E-state index contributed by atoms with van der Waals surface area (Å²) in [6.45, 7) is 6.76. The lowest BCUT2D eigenvalue weighted by molar-refractivity contribution is -0.133. The fourth-order valence-corrected chi connectivity index (χ4v) is 1.61. The number of halogens is 1. The fraction of sp³-hybridized carbons (Fsp3) is 0.500. The Kier molecular flexibility index (Phi) is 4.70. The van der Waals surface area contributed by atoms with Gasteiger partial charge in [-0.15, -0.1) is 0 Å². The van der Waals surface area contributed by atoms with E-state index in [2.05, 4.69) is 20.8 Å². The van der Waals surface area contributed by atoms with E-state index in [1.807, 2.05) is 0 Å². The summed E-state index contributed by atoms with van der Waals surface area (Å²) in [6.07, 6.45) is 0. The lowest BCUT2D eigenvalue weighted by Crippen LogP contribution is -2.37. The average Bonchev–Trinajstić information content (AvgIpc) is 2.23. The zero-order chi connectivity index (χ0) is 13.8. The molecule has 1 rings (SSSR count). The Balaban J connectivity index is 2.46. The molecule has 0 aromatic heterocycles. The van der Waals surface area contributed by atoms with Crippen molar-refractivity contribution in [1.82, 2.24) is 4.90 Å². The van der Waals surface area contributed by atoms with Gasteiger partial charge in [0.1, 0.15) is 11.6 Å². The molecule has 0 saturated carbocycles. The Bertz CT molecular complexity index is 413. The number of likely N-dealkylation sites (N-methyl/N-ethyl adjacent to an activating group) is 1. The van der Waals surface area contributed by atoms with Crippen molar-refractivity contribution in [3.8, 4) is 5.75 Å². The highest BCUT2D eigenvalue weighted by molar-refractivity contribution is 5.77. The van der Waals surface area contributed by atoms with Crippen LogP contribution >= 0.6 is 0 Å². The molecule has 0 radical (unpaired) electrons. The zero-order valence-electron chi connectivity index (χ0n) is 11.4. The molecule has 0 heterocycles. The van der Waals surface area contributed by atoms with Crippen molar-refractivity contribution in [3.05, 3.63) is 30.1 Å². The first kappa shape index (κ1) is 14.5. The van der Waals surface area contributed by atoms with Crippen molar-refractivity contribution >= 4 is 5.91 Å². The molecular formula is C14H20FNO2. The molecule has 1 amide bonds. The van der Waals surface area contributed by atoms with E-state index >= 15 is 0 Å². The van der Waals surface area contributed by atoms with Crippen LogP contribution in [0.5, 0.6) is 5.75 Å². The quantitative estimate of drug-likeness (QED) is 0.825. The van der Waals surface area contributed by atoms with Crippen molar-refractivity contribution in [2.24, 2.45) is 5.41 Å². The molecule has 0 aliphatic carbocycles. The van der Waals surface area contributed by atoms with Crippen LogP contribution in [0.25, 0.3) is 0 Å². The molecule has 18 heavy (non-hydrogen) atoms. The van der Waals surface area contributed by atoms with Gasteiger partial charge in [-0.2, -0.15) is 0 Å². The number of hydrogen-bond donors (Lipinski definition) is 0. The van der Waals surface area contributed by atoms with Gasteiger partial charge < -0.3 is 9.64 Å². The average molecular weight is 253 g/mol. The zero-order valence-corrected chi connectivity index (χ0v) is 11.4. The minimum Gasteiger partial charge on any atom is -0.484 e. The second-order valence-corrected chi connectivity index (χ2v) is 5.56. The van der Waals surface area contributed by atoms with Crippen molar-refractivity contribution in [2.45, 2.75) is 20.8 Å². The van der Waals surface area contributed by atoms with E-state index in [9.17, 15) is 9.18 Å². The summed E-state index contributed by atoms with van der Waals surface area (Å²) in [5.74, 6) is -0.121. The van der Waals surface area contributed by atoms with Crippen LogP contribution in [0.4, 0.5) is 4.39 Å². The van der Waals surface area contributed by atoms with E-state index in [0.717, 1.165) is 0 Å². The predicted molar refractivity (Wildman–Crippen MR) is 69.0 cm³/mol. The van der Waals surface area contributed by atoms with Gasteiger partial charge in [-0.05, 0) is 17.5 Å². The molecule has 0 unspecified atom stereocenters. The van der Waals surface area contributed by atoms with E-state index in [4.69, 9.17) is 4.74 Å². The molecule has 4 heteroatoms. The highest BCUT2D eigenvalue weighted by Gasteiger charge is 2.17. The van der Waals surface area contributed by atoms with Crippen LogP contribution in [-0.4, -0.2) is 31.0 Å². The van der Waals surface area contributed by atoms with E-state index < -0.39 is 0 Å². The van der Waals surface area contributed by atoms with Crippen molar-refractivity contribution in [2.75, 3.05) is 20.2 Å². The third kappa shape index (κ3) is 5.17. The number of rotatable bonds is 4. The molecule has 0 aliphatic rings. The second kappa shape index (κ2) is 5.85. The van der Waals surface area contributed by atoms with Crippen LogP contribution in [0.15, 0.2) is 24.3 Å². The van der Waals surface area contributed by atoms with Crippen molar-refractivity contribution < 1.29 is 13.9 Å². The Labute approximate surface area is 108 Å². The summed E-state index contributed by atoms with van der Waals surface area (Å²) in [5, 5.41) is 0. The van der Waals surface area contributed by atoms with E-state index in [1.165, 1.54) is 12.1 Å². The maximum absolute atomic E-state index is 12.9. The van der Waals surface area contributed by atoms with Crippen LogP contribution in [0.1, 0.15) is 20.8 Å². The smallest absolute Gasteiger partial charge is 0.260 e. The van der Waals surface area contributed by atoms with Gasteiger partial charge >= 0.3 is 0 Å². The minimum absolute atomic E-state index is 0.0449. The molecule has 100 valence electrons. The molecule has 0 bridgehead atoms. The Hall–Kier alpha value is -1.58. The van der Waals surface area contributed by atoms with Crippen LogP contribution in [0.2, 0.25) is 0 Å². The Morgan fingerprint density at radius 2 is 2.06 bits per heavy atom. The number of ether oxygens (including phenoxy) is 1. The molecular weight excluding hydrogens is 233 g/mol. The predicted octanol–water partition coefficient (Wildman–Crippen LogP) is 2.71. The standard InChI is InChI=1S/C14H20FNO2/c1-14(2,3)10-16(4)13(17)9-18-12-7-5-6-11(15)8-12/h5-8H,9-10H2,1-4H3. The molecule has 0 spiro atoms. The van der Waals surface area contributed by atoms with Gasteiger partial charge in [-0.25, -0.2) is 4.39 Å². The third-order valence-electron chi connectivity index (χ3n) is 2.30. The van der Waals surface area contributed by atoms with Gasteiger partial charge in [-0.3, -0.25) is 4.79 Å². The van der Waals surface area contributed by atoms with E-state index in [0.29, 0.717) is 12.3 Å². The SMILES string of the molecule is CN(CC(C)(C)C)C(=O)COc1cccc(F)c1. The Morgan fingerprint density at radius 3 is 2.61 bits per heavy atom. The molecule has 0 fully saturated rings. The van der Waals surface area contributed by atoms with Crippen molar-refractivity contribution in [3.63, 3.8) is 0 Å². The van der Waals surface area contributed by atoms with Gasteiger partial charge in [0.25, 0.3) is 5.91 Å². The number of amides is 1. The molecule has 0 atom stereocenters. The van der Waals surface area contributed by atoms with Crippen LogP contribution in [0.3, 0.4) is 0 Å². The normalized spacial score (nSPS) is 11.2. The molecule has 0 aliphatic heterocycles. The first-order valence-electron chi connectivity index (χ1n) is 5.90. The molecule has 1 aromatic rings. The monoisotopic (exact) mass is 253 g/mol. The minimum atomic E-state index is -0.372. The first-order chi connectivity index (χ1) is 8.28.